The first-order valence-electron chi connectivity index (χ1n) is 15.6. The lowest BCUT2D eigenvalue weighted by atomic mass is 9.90. The number of methoxy groups -OCH3 is 1. The first-order valence-corrected chi connectivity index (χ1v) is 15.6. The van der Waals surface area contributed by atoms with E-state index in [1.54, 1.807) is 23.1 Å². The molecule has 1 aliphatic heterocycles. The van der Waals surface area contributed by atoms with Crippen molar-refractivity contribution < 1.29 is 23.1 Å². The van der Waals surface area contributed by atoms with Crippen molar-refractivity contribution in [3.05, 3.63) is 30.0 Å². The molecule has 2 aromatic rings. The molecule has 44 heavy (non-hydrogen) atoms. The number of anilines is 4. The lowest BCUT2D eigenvalue weighted by Gasteiger charge is -2.35. The summed E-state index contributed by atoms with van der Waals surface area (Å²) >= 11 is 0. The van der Waals surface area contributed by atoms with Gasteiger partial charge in [0.2, 0.25) is 5.95 Å². The van der Waals surface area contributed by atoms with Gasteiger partial charge >= 0.3 is 5.92 Å². The Kier molecular flexibility index (Phi) is 9.84. The number of carbonyl (C=O) groups excluding carboxylic acids is 2. The number of rotatable bonds is 10. The zero-order valence-corrected chi connectivity index (χ0v) is 25.8. The van der Waals surface area contributed by atoms with Gasteiger partial charge in [-0.25, -0.2) is 4.98 Å². The Morgan fingerprint density at radius 1 is 1.18 bits per heavy atom. The van der Waals surface area contributed by atoms with E-state index < -0.39 is 18.4 Å². The topological polar surface area (TPSA) is 129 Å². The summed E-state index contributed by atoms with van der Waals surface area (Å²) in [5.74, 6) is -4.13. The van der Waals surface area contributed by atoms with Gasteiger partial charge in [-0.3, -0.25) is 9.59 Å². The molecule has 1 aromatic heterocycles. The van der Waals surface area contributed by atoms with Crippen LogP contribution in [0.4, 0.5) is 31.9 Å². The number of hydrogen-bond donors (Lipinski definition) is 3. The normalized spacial score (nSPS) is 22.1. The zero-order chi connectivity index (χ0) is 31.4. The van der Waals surface area contributed by atoms with Gasteiger partial charge in [0.1, 0.15) is 11.4 Å². The molecule has 11 nitrogen and oxygen atoms in total. The summed E-state index contributed by atoms with van der Waals surface area (Å²) in [6.07, 6.45) is 9.65. The molecule has 1 aromatic carbocycles. The van der Waals surface area contributed by atoms with E-state index in [1.165, 1.54) is 20.4 Å². The second-order valence-corrected chi connectivity index (χ2v) is 12.2. The molecule has 2 saturated carbocycles. The average Bonchev–Trinajstić information content (AvgIpc) is 3.55. The Hall–Kier alpha value is -3.58. The molecule has 0 bridgehead atoms. The smallest absolute Gasteiger partial charge is 0.342 e. The van der Waals surface area contributed by atoms with Crippen LogP contribution >= 0.6 is 0 Å². The predicted octanol–water partition coefficient (Wildman–Crippen LogP) is 3.91. The monoisotopic (exact) mass is 614 g/mol. The number of alkyl halides is 2. The third kappa shape index (κ3) is 6.88. The highest BCUT2D eigenvalue weighted by atomic mass is 19.3. The van der Waals surface area contributed by atoms with Crippen molar-refractivity contribution in [3.8, 4) is 5.75 Å². The summed E-state index contributed by atoms with van der Waals surface area (Å²) in [4.78, 5) is 39.5. The Labute approximate surface area is 257 Å². The number of nitrogens with two attached hydrogens (primary N) is 1. The molecular formula is C31H44F2N8O3. The molecule has 2 aliphatic carbocycles. The fourth-order valence-electron chi connectivity index (χ4n) is 6.61. The fourth-order valence-corrected chi connectivity index (χ4v) is 6.61. The summed E-state index contributed by atoms with van der Waals surface area (Å²) in [5, 5.41) is 6.29. The van der Waals surface area contributed by atoms with Crippen LogP contribution in [0.2, 0.25) is 0 Å². The molecule has 2 fully saturated rings. The maximum absolute atomic E-state index is 14.9. The molecule has 0 spiro atoms. The van der Waals surface area contributed by atoms with Crippen molar-refractivity contribution in [1.82, 2.24) is 20.2 Å². The molecule has 13 heteroatoms. The van der Waals surface area contributed by atoms with Gasteiger partial charge in [-0.15, -0.1) is 0 Å². The second kappa shape index (κ2) is 13.6. The van der Waals surface area contributed by atoms with E-state index in [-0.39, 0.29) is 35.4 Å². The van der Waals surface area contributed by atoms with E-state index >= 15 is 0 Å². The van der Waals surface area contributed by atoms with Gasteiger partial charge in [-0.1, -0.05) is 12.8 Å². The van der Waals surface area contributed by atoms with Crippen molar-refractivity contribution in [3.63, 3.8) is 0 Å². The molecule has 0 saturated heterocycles. The third-order valence-corrected chi connectivity index (χ3v) is 9.22. The van der Waals surface area contributed by atoms with E-state index in [4.69, 9.17) is 10.5 Å². The summed E-state index contributed by atoms with van der Waals surface area (Å²) in [5.41, 5.74) is 6.87. The summed E-state index contributed by atoms with van der Waals surface area (Å²) in [6.45, 7) is 0.943. The lowest BCUT2D eigenvalue weighted by molar-refractivity contribution is -0.140. The van der Waals surface area contributed by atoms with Gasteiger partial charge in [0.05, 0.1) is 25.5 Å². The van der Waals surface area contributed by atoms with Crippen LogP contribution in [0.25, 0.3) is 0 Å². The fraction of sp³-hybridized carbons (Fsp3) is 0.613. The largest absolute Gasteiger partial charge is 0.495 e. The molecule has 5 rings (SSSR count). The van der Waals surface area contributed by atoms with Crippen LogP contribution in [0.15, 0.2) is 24.4 Å². The first kappa shape index (κ1) is 31.8. The highest BCUT2D eigenvalue weighted by Crippen LogP contribution is 2.40. The summed E-state index contributed by atoms with van der Waals surface area (Å²) in [6, 6.07) is 5.56. The van der Waals surface area contributed by atoms with E-state index in [2.05, 4.69) is 32.5 Å². The van der Waals surface area contributed by atoms with Gasteiger partial charge in [0.15, 0.2) is 5.82 Å². The number of benzene rings is 1. The average molecular weight is 615 g/mol. The van der Waals surface area contributed by atoms with E-state index in [0.717, 1.165) is 69.2 Å². The van der Waals surface area contributed by atoms with Crippen LogP contribution in [-0.4, -0.2) is 91.6 Å². The Morgan fingerprint density at radius 3 is 2.59 bits per heavy atom. The minimum absolute atomic E-state index is 0.110. The number of carbonyl (C=O) groups is 2. The quantitative estimate of drug-likeness (QED) is 0.365. The van der Waals surface area contributed by atoms with Crippen LogP contribution in [0.5, 0.6) is 5.75 Å². The van der Waals surface area contributed by atoms with Crippen LogP contribution in [0.1, 0.15) is 68.1 Å². The van der Waals surface area contributed by atoms with Crippen molar-refractivity contribution >= 4 is 35.0 Å². The standard InChI is InChI=1S/C31H44F2N8O3/c1-39(16-6-15-34)22-12-10-21(11-13-22)36-28(42)20-9-14-24(26(17-20)44-3)37-30-35-18-25-27(38-30)41(23-7-4-5-8-23)19-31(32,33)29(43)40(25)2/h9,14,17-18,21-23H,4-8,10-13,15-16,19,34H2,1-3H3,(H,36,42)(H,35,37,38). The number of ether oxygens (including phenoxy) is 1. The van der Waals surface area contributed by atoms with Crippen molar-refractivity contribution in [2.75, 3.05) is 56.0 Å². The minimum Gasteiger partial charge on any atom is -0.495 e. The molecule has 3 aliphatic rings. The SMILES string of the molecule is COc1cc(C(=O)NC2CCC(N(C)CCCN)CC2)ccc1Nc1ncc2c(n1)N(C1CCCC1)CC(F)(F)C(=O)N2C. The summed E-state index contributed by atoms with van der Waals surface area (Å²) in [7, 11) is 4.97. The highest BCUT2D eigenvalue weighted by molar-refractivity contribution is 6.02. The zero-order valence-electron chi connectivity index (χ0n) is 25.8. The maximum atomic E-state index is 14.9. The second-order valence-electron chi connectivity index (χ2n) is 12.2. The van der Waals surface area contributed by atoms with Crippen LogP contribution in [0.3, 0.4) is 0 Å². The van der Waals surface area contributed by atoms with E-state index in [9.17, 15) is 18.4 Å². The molecule has 2 heterocycles. The molecule has 4 N–H and O–H groups in total. The minimum atomic E-state index is -3.55. The van der Waals surface area contributed by atoms with Crippen LogP contribution in [0, 0.1) is 0 Å². The number of aromatic nitrogens is 2. The van der Waals surface area contributed by atoms with Gasteiger partial charge in [0, 0.05) is 30.7 Å². The van der Waals surface area contributed by atoms with Crippen molar-refractivity contribution in [2.45, 2.75) is 81.8 Å². The molecule has 240 valence electrons. The van der Waals surface area contributed by atoms with E-state index in [0.29, 0.717) is 29.6 Å². The first-order chi connectivity index (χ1) is 21.1. The van der Waals surface area contributed by atoms with Gasteiger partial charge in [-0.2, -0.15) is 13.8 Å². The Balaban J connectivity index is 1.29. The number of fused-ring (bicyclic) bond motifs is 1. The number of nitrogens with one attached hydrogen (secondary N) is 2. The molecule has 0 unspecified atom stereocenters. The van der Waals surface area contributed by atoms with Gasteiger partial charge < -0.3 is 35.8 Å². The van der Waals surface area contributed by atoms with Crippen LogP contribution < -0.4 is 30.9 Å². The van der Waals surface area contributed by atoms with E-state index in [1.807, 2.05) is 0 Å². The van der Waals surface area contributed by atoms with Crippen molar-refractivity contribution in [2.24, 2.45) is 5.73 Å². The number of amides is 2. The lowest BCUT2D eigenvalue weighted by Crippen LogP contribution is -2.48. The number of nitrogens with zero attached hydrogens (tertiary/aromatic N) is 5. The maximum Gasteiger partial charge on any atom is 0.342 e. The predicted molar refractivity (Wildman–Crippen MR) is 166 cm³/mol. The molecular weight excluding hydrogens is 570 g/mol. The van der Waals surface area contributed by atoms with Gasteiger partial charge in [-0.05, 0) is 83.3 Å². The third-order valence-electron chi connectivity index (χ3n) is 9.22. The Morgan fingerprint density at radius 2 is 1.91 bits per heavy atom. The van der Waals surface area contributed by atoms with Crippen LogP contribution in [-0.2, 0) is 4.79 Å². The Bertz CT molecular complexity index is 1330. The summed E-state index contributed by atoms with van der Waals surface area (Å²) < 4.78 is 35.4. The highest BCUT2D eigenvalue weighted by Gasteiger charge is 2.48. The van der Waals surface area contributed by atoms with Gasteiger partial charge in [0.25, 0.3) is 11.8 Å². The molecule has 0 radical (unpaired) electrons. The number of hydrogen-bond acceptors (Lipinski definition) is 9. The molecule has 0 atom stereocenters. The number of halogens is 2. The van der Waals surface area contributed by atoms with Crippen molar-refractivity contribution in [1.29, 1.82) is 0 Å². The molecule has 2 amide bonds.